The predicted octanol–water partition coefficient (Wildman–Crippen LogP) is 3.23. The van der Waals surface area contributed by atoms with Gasteiger partial charge in [0.15, 0.2) is 0 Å². The molecule has 1 aromatic heterocycles. The van der Waals surface area contributed by atoms with Crippen molar-refractivity contribution in [2.75, 3.05) is 37.8 Å². The number of nitrogens with one attached hydrogen (secondary N) is 1. The first kappa shape index (κ1) is 23.2. The Hall–Kier alpha value is -2.97. The molecule has 1 aliphatic carbocycles. The van der Waals surface area contributed by atoms with Crippen LogP contribution in [0, 0.1) is 0 Å². The molecule has 2 N–H and O–H groups in total. The van der Waals surface area contributed by atoms with Crippen LogP contribution >= 0.6 is 0 Å². The lowest BCUT2D eigenvalue weighted by Gasteiger charge is -2.31. The zero-order valence-corrected chi connectivity index (χ0v) is 19.2. The maximum atomic E-state index is 9.39. The molecule has 0 atom stereocenters. The molecule has 8 heteroatoms. The van der Waals surface area contributed by atoms with Crippen LogP contribution in [-0.4, -0.2) is 66.8 Å². The van der Waals surface area contributed by atoms with Gasteiger partial charge in [-0.05, 0) is 57.0 Å². The van der Waals surface area contributed by atoms with Crippen molar-refractivity contribution in [1.82, 2.24) is 15.3 Å². The molecule has 33 heavy (non-hydrogen) atoms. The Morgan fingerprint density at radius 1 is 1.24 bits per heavy atom. The number of fused-ring (bicyclic) bond motifs is 1. The second-order valence-electron chi connectivity index (χ2n) is 8.41. The number of aliphatic hydroxyl groups excluding tert-OH is 1. The van der Waals surface area contributed by atoms with Crippen LogP contribution in [0.4, 0.5) is 5.69 Å². The van der Waals surface area contributed by atoms with Crippen LogP contribution in [0.25, 0.3) is 11.0 Å². The van der Waals surface area contributed by atoms with Gasteiger partial charge in [-0.2, -0.15) is 0 Å². The van der Waals surface area contributed by atoms with Crippen molar-refractivity contribution < 1.29 is 14.6 Å². The number of nitrogens with zero attached hydrogens (tertiary/aromatic N) is 4. The Morgan fingerprint density at radius 3 is 2.70 bits per heavy atom. The van der Waals surface area contributed by atoms with Crippen LogP contribution in [0.1, 0.15) is 32.6 Å². The van der Waals surface area contributed by atoms with Crippen molar-refractivity contribution in [3.05, 3.63) is 48.1 Å². The van der Waals surface area contributed by atoms with Crippen LogP contribution in [0.15, 0.2) is 53.1 Å². The summed E-state index contributed by atoms with van der Waals surface area (Å²) < 4.78 is 12.0. The van der Waals surface area contributed by atoms with Gasteiger partial charge in [-0.25, -0.2) is 9.98 Å². The van der Waals surface area contributed by atoms with Gasteiger partial charge in [0.05, 0.1) is 31.4 Å². The van der Waals surface area contributed by atoms with E-state index in [-0.39, 0.29) is 12.7 Å². The van der Waals surface area contributed by atoms with Gasteiger partial charge in [0, 0.05) is 43.3 Å². The van der Waals surface area contributed by atoms with Crippen molar-refractivity contribution in [3.63, 3.8) is 0 Å². The van der Waals surface area contributed by atoms with Gasteiger partial charge in [0.25, 0.3) is 0 Å². The zero-order chi connectivity index (χ0) is 23.0. The fourth-order valence-corrected chi connectivity index (χ4v) is 4.37. The minimum atomic E-state index is -0.0157. The SMILES string of the molecule is C=N/C(=C\C(=C/C)CO)NC1CCC(Oc2cc(N3CCOCC3)cc3nccnc23)CC1. The van der Waals surface area contributed by atoms with Crippen molar-refractivity contribution >= 4 is 23.4 Å². The second kappa shape index (κ2) is 11.2. The molecule has 0 radical (unpaired) electrons. The summed E-state index contributed by atoms with van der Waals surface area (Å²) in [7, 11) is 0. The van der Waals surface area contributed by atoms with E-state index in [2.05, 4.69) is 44.0 Å². The minimum Gasteiger partial charge on any atom is -0.488 e. The highest BCUT2D eigenvalue weighted by Crippen LogP contribution is 2.33. The number of benzene rings is 1. The van der Waals surface area contributed by atoms with E-state index in [0.29, 0.717) is 11.9 Å². The van der Waals surface area contributed by atoms with Crippen LogP contribution in [0.5, 0.6) is 5.75 Å². The Bertz CT molecular complexity index is 1010. The van der Waals surface area contributed by atoms with E-state index < -0.39 is 0 Å². The van der Waals surface area contributed by atoms with Crippen LogP contribution in [-0.2, 0) is 4.74 Å². The predicted molar refractivity (Wildman–Crippen MR) is 131 cm³/mol. The molecule has 0 spiro atoms. The number of aliphatic imine (C=N–C) groups is 1. The fraction of sp³-hybridized carbons (Fsp3) is 0.480. The normalized spacial score (nSPS) is 22.3. The summed E-state index contributed by atoms with van der Waals surface area (Å²) in [5.41, 5.74) is 3.57. The molecule has 2 aromatic rings. The Balaban J connectivity index is 1.43. The summed E-state index contributed by atoms with van der Waals surface area (Å²) in [6, 6.07) is 4.49. The highest BCUT2D eigenvalue weighted by molar-refractivity contribution is 5.85. The van der Waals surface area contributed by atoms with Gasteiger partial charge in [-0.1, -0.05) is 6.08 Å². The molecule has 2 heterocycles. The standard InChI is InChI=1S/C25H33N5O3/c1-3-18(17-31)14-24(26-2)29-19-4-6-21(7-5-19)33-23-16-20(30-10-12-32-13-11-30)15-22-25(23)28-9-8-27-22/h3,8-9,14-16,19,21,29,31H,2,4-7,10-13,17H2,1H3/b18-3+,24-14+. The summed E-state index contributed by atoms with van der Waals surface area (Å²) in [5, 5.41) is 12.8. The third-order valence-electron chi connectivity index (χ3n) is 6.27. The van der Waals surface area contributed by atoms with E-state index >= 15 is 0 Å². The number of hydrogen-bond donors (Lipinski definition) is 2. The summed E-state index contributed by atoms with van der Waals surface area (Å²) in [5.74, 6) is 1.49. The molecule has 0 bridgehead atoms. The molecule has 1 saturated heterocycles. The van der Waals surface area contributed by atoms with Gasteiger partial charge in [-0.15, -0.1) is 0 Å². The first-order chi connectivity index (χ1) is 16.2. The molecule has 2 fully saturated rings. The third kappa shape index (κ3) is 5.89. The molecule has 8 nitrogen and oxygen atoms in total. The zero-order valence-electron chi connectivity index (χ0n) is 19.2. The maximum absolute atomic E-state index is 9.39. The summed E-state index contributed by atoms with van der Waals surface area (Å²) in [6.45, 7) is 8.72. The number of aromatic nitrogens is 2. The van der Waals surface area contributed by atoms with Crippen LogP contribution in [0.3, 0.4) is 0 Å². The van der Waals surface area contributed by atoms with Crippen molar-refractivity contribution in [1.29, 1.82) is 0 Å². The average molecular weight is 452 g/mol. The lowest BCUT2D eigenvalue weighted by molar-refractivity contribution is 0.122. The molecule has 0 amide bonds. The van der Waals surface area contributed by atoms with Gasteiger partial charge in [-0.3, -0.25) is 4.98 Å². The molecule has 1 saturated carbocycles. The van der Waals surface area contributed by atoms with Gasteiger partial charge in [0.1, 0.15) is 17.1 Å². The molecule has 2 aliphatic rings. The smallest absolute Gasteiger partial charge is 0.149 e. The molecule has 1 aromatic carbocycles. The van der Waals surface area contributed by atoms with Gasteiger partial charge in [0.2, 0.25) is 0 Å². The molecular weight excluding hydrogens is 418 g/mol. The largest absolute Gasteiger partial charge is 0.488 e. The van der Waals surface area contributed by atoms with Gasteiger partial charge < -0.3 is 24.8 Å². The monoisotopic (exact) mass is 451 g/mol. The number of aliphatic hydroxyl groups is 1. The average Bonchev–Trinajstić information content (AvgIpc) is 2.88. The van der Waals surface area contributed by atoms with Crippen molar-refractivity contribution in [2.24, 2.45) is 4.99 Å². The molecule has 0 unspecified atom stereocenters. The lowest BCUT2D eigenvalue weighted by atomic mass is 9.93. The third-order valence-corrected chi connectivity index (χ3v) is 6.27. The van der Waals surface area contributed by atoms with Gasteiger partial charge >= 0.3 is 0 Å². The minimum absolute atomic E-state index is 0.0157. The molecule has 1 aliphatic heterocycles. The van der Waals surface area contributed by atoms with Crippen LogP contribution in [0.2, 0.25) is 0 Å². The number of morpholine rings is 1. The Morgan fingerprint density at radius 2 is 2.00 bits per heavy atom. The van der Waals surface area contributed by atoms with Crippen molar-refractivity contribution in [2.45, 2.75) is 44.8 Å². The molecule has 4 rings (SSSR count). The first-order valence-corrected chi connectivity index (χ1v) is 11.6. The number of rotatable bonds is 8. The highest BCUT2D eigenvalue weighted by Gasteiger charge is 2.24. The lowest BCUT2D eigenvalue weighted by Crippen LogP contribution is -2.36. The number of allylic oxidation sites excluding steroid dienone is 1. The number of hydrogen-bond acceptors (Lipinski definition) is 8. The van der Waals surface area contributed by atoms with E-state index in [1.54, 1.807) is 12.4 Å². The fourth-order valence-electron chi connectivity index (χ4n) is 4.37. The summed E-state index contributed by atoms with van der Waals surface area (Å²) in [6.07, 6.45) is 11.1. The van der Waals surface area contributed by atoms with Crippen LogP contribution < -0.4 is 15.0 Å². The van der Waals surface area contributed by atoms with E-state index in [1.165, 1.54) is 0 Å². The number of anilines is 1. The Kier molecular flexibility index (Phi) is 7.91. The molecular formula is C25H33N5O3. The molecule has 176 valence electrons. The summed E-state index contributed by atoms with van der Waals surface area (Å²) in [4.78, 5) is 15.5. The maximum Gasteiger partial charge on any atom is 0.149 e. The topological polar surface area (TPSA) is 92.1 Å². The number of ether oxygens (including phenoxy) is 2. The van der Waals surface area contributed by atoms with E-state index in [4.69, 9.17) is 9.47 Å². The van der Waals surface area contributed by atoms with E-state index in [1.807, 2.05) is 19.1 Å². The van der Waals surface area contributed by atoms with E-state index in [0.717, 1.165) is 80.0 Å². The quantitative estimate of drug-likeness (QED) is 0.470. The second-order valence-corrected chi connectivity index (χ2v) is 8.41. The first-order valence-electron chi connectivity index (χ1n) is 11.6. The Labute approximate surface area is 195 Å². The van der Waals surface area contributed by atoms with Crippen molar-refractivity contribution in [3.8, 4) is 5.75 Å². The summed E-state index contributed by atoms with van der Waals surface area (Å²) >= 11 is 0. The van der Waals surface area contributed by atoms with E-state index in [9.17, 15) is 5.11 Å². The highest BCUT2D eigenvalue weighted by atomic mass is 16.5.